The molecule has 2 atom stereocenters. The number of piperidine rings is 1. The molecule has 18 heavy (non-hydrogen) atoms. The number of hydrogen-bond donors (Lipinski definition) is 1. The monoisotopic (exact) mass is 246 g/mol. The van der Waals surface area contributed by atoms with Gasteiger partial charge in [0.05, 0.1) is 12.5 Å². The van der Waals surface area contributed by atoms with Gasteiger partial charge >= 0.3 is 0 Å². The number of methoxy groups -OCH3 is 1. The second kappa shape index (κ2) is 3.99. The van der Waals surface area contributed by atoms with E-state index in [2.05, 4.69) is 17.0 Å². The van der Waals surface area contributed by atoms with Gasteiger partial charge in [0, 0.05) is 19.6 Å². The molecular weight excluding hydrogens is 228 g/mol. The van der Waals surface area contributed by atoms with Gasteiger partial charge in [-0.15, -0.1) is 0 Å². The molecule has 2 unspecified atom stereocenters. The summed E-state index contributed by atoms with van der Waals surface area (Å²) in [5.41, 5.74) is 6.53. The number of ether oxygens (including phenoxy) is 1. The summed E-state index contributed by atoms with van der Waals surface area (Å²) < 4.78 is 5.14. The zero-order valence-electron chi connectivity index (χ0n) is 10.6. The summed E-state index contributed by atoms with van der Waals surface area (Å²) in [5, 5.41) is 0. The Hall–Kier alpha value is -1.55. The van der Waals surface area contributed by atoms with Crippen LogP contribution in [-0.4, -0.2) is 31.0 Å². The lowest BCUT2D eigenvalue weighted by Gasteiger charge is -2.19. The fraction of sp³-hybridized carbons (Fsp3) is 0.500. The zero-order chi connectivity index (χ0) is 12.8. The second-order valence-electron chi connectivity index (χ2n) is 5.44. The molecule has 1 heterocycles. The SMILES string of the molecule is COc1ccc(CN2CC3CC3(C(N)=O)C2)cc1. The van der Waals surface area contributed by atoms with Gasteiger partial charge in [-0.1, -0.05) is 12.1 Å². The van der Waals surface area contributed by atoms with Crippen LogP contribution in [0, 0.1) is 11.3 Å². The lowest BCUT2D eigenvalue weighted by atomic mass is 10.1. The van der Waals surface area contributed by atoms with Crippen molar-refractivity contribution in [2.24, 2.45) is 17.1 Å². The molecule has 0 aromatic heterocycles. The van der Waals surface area contributed by atoms with Crippen molar-refractivity contribution in [2.75, 3.05) is 20.2 Å². The van der Waals surface area contributed by atoms with Crippen LogP contribution in [0.1, 0.15) is 12.0 Å². The van der Waals surface area contributed by atoms with E-state index >= 15 is 0 Å². The smallest absolute Gasteiger partial charge is 0.225 e. The van der Waals surface area contributed by atoms with Crippen LogP contribution in [-0.2, 0) is 11.3 Å². The van der Waals surface area contributed by atoms with Crippen LogP contribution in [0.5, 0.6) is 5.75 Å². The lowest BCUT2D eigenvalue weighted by molar-refractivity contribution is -0.123. The predicted molar refractivity (Wildman–Crippen MR) is 68.0 cm³/mol. The highest BCUT2D eigenvalue weighted by Crippen LogP contribution is 2.57. The van der Waals surface area contributed by atoms with Gasteiger partial charge in [0.25, 0.3) is 0 Å². The standard InChI is InChI=1S/C14H18N2O2/c1-18-12-4-2-10(3-5-12)7-16-8-11-6-14(11,9-16)13(15)17/h2-5,11H,6-9H2,1H3,(H2,15,17). The van der Waals surface area contributed by atoms with Gasteiger partial charge in [-0.25, -0.2) is 0 Å². The first kappa shape index (κ1) is 11.5. The third-order valence-electron chi connectivity index (χ3n) is 4.27. The number of nitrogens with two attached hydrogens (primary N) is 1. The molecule has 1 aromatic rings. The Morgan fingerprint density at radius 2 is 2.22 bits per heavy atom. The second-order valence-corrected chi connectivity index (χ2v) is 5.44. The highest BCUT2D eigenvalue weighted by molar-refractivity contribution is 5.85. The van der Waals surface area contributed by atoms with Crippen LogP contribution >= 0.6 is 0 Å². The number of rotatable bonds is 4. The average molecular weight is 246 g/mol. The molecule has 3 rings (SSSR count). The summed E-state index contributed by atoms with van der Waals surface area (Å²) in [5.74, 6) is 1.25. The predicted octanol–water partition coefficient (Wildman–Crippen LogP) is 1.00. The maximum atomic E-state index is 11.4. The molecule has 2 aliphatic rings. The van der Waals surface area contributed by atoms with Crippen molar-refractivity contribution in [3.8, 4) is 5.75 Å². The normalized spacial score (nSPS) is 29.9. The summed E-state index contributed by atoms with van der Waals surface area (Å²) >= 11 is 0. The molecule has 2 fully saturated rings. The summed E-state index contributed by atoms with van der Waals surface area (Å²) in [6, 6.07) is 8.07. The molecule has 1 aliphatic carbocycles. The fourth-order valence-electron chi connectivity index (χ4n) is 3.08. The number of benzene rings is 1. The molecule has 2 N–H and O–H groups in total. The zero-order valence-corrected chi connectivity index (χ0v) is 10.6. The summed E-state index contributed by atoms with van der Waals surface area (Å²) in [6.07, 6.45) is 0.988. The van der Waals surface area contributed by atoms with E-state index in [4.69, 9.17) is 10.5 Å². The fourth-order valence-corrected chi connectivity index (χ4v) is 3.08. The molecule has 1 saturated carbocycles. The highest BCUT2D eigenvalue weighted by Gasteiger charge is 2.63. The van der Waals surface area contributed by atoms with Gasteiger partial charge in [-0.3, -0.25) is 9.69 Å². The summed E-state index contributed by atoms with van der Waals surface area (Å²) in [6.45, 7) is 2.70. The van der Waals surface area contributed by atoms with Crippen molar-refractivity contribution >= 4 is 5.91 Å². The Morgan fingerprint density at radius 1 is 1.50 bits per heavy atom. The third-order valence-corrected chi connectivity index (χ3v) is 4.27. The number of amides is 1. The van der Waals surface area contributed by atoms with E-state index in [1.54, 1.807) is 7.11 Å². The molecule has 96 valence electrons. The molecule has 4 heteroatoms. The van der Waals surface area contributed by atoms with E-state index in [1.165, 1.54) is 5.56 Å². The highest BCUT2D eigenvalue weighted by atomic mass is 16.5. The first-order valence-electron chi connectivity index (χ1n) is 6.29. The van der Waals surface area contributed by atoms with Crippen LogP contribution in [0.4, 0.5) is 0 Å². The third kappa shape index (κ3) is 1.77. The largest absolute Gasteiger partial charge is 0.497 e. The topological polar surface area (TPSA) is 55.6 Å². The number of fused-ring (bicyclic) bond motifs is 1. The van der Waals surface area contributed by atoms with E-state index in [9.17, 15) is 4.79 Å². The number of likely N-dealkylation sites (tertiary alicyclic amines) is 1. The molecule has 1 saturated heterocycles. The van der Waals surface area contributed by atoms with Crippen LogP contribution in [0.3, 0.4) is 0 Å². The van der Waals surface area contributed by atoms with Gasteiger partial charge < -0.3 is 10.5 Å². The number of nitrogens with zero attached hydrogens (tertiary/aromatic N) is 1. The van der Waals surface area contributed by atoms with Crippen LogP contribution in [0.25, 0.3) is 0 Å². The number of hydrogen-bond acceptors (Lipinski definition) is 3. The first-order chi connectivity index (χ1) is 8.64. The van der Waals surface area contributed by atoms with Crippen molar-refractivity contribution in [2.45, 2.75) is 13.0 Å². The number of carbonyl (C=O) groups excluding carboxylic acids is 1. The molecule has 4 nitrogen and oxygen atoms in total. The quantitative estimate of drug-likeness (QED) is 0.862. The Kier molecular flexibility index (Phi) is 2.55. The molecule has 0 radical (unpaired) electrons. The lowest BCUT2D eigenvalue weighted by Crippen LogP contribution is -2.32. The van der Waals surface area contributed by atoms with Crippen LogP contribution < -0.4 is 10.5 Å². The van der Waals surface area contributed by atoms with Crippen molar-refractivity contribution in [1.82, 2.24) is 4.90 Å². The van der Waals surface area contributed by atoms with E-state index in [0.29, 0.717) is 5.92 Å². The van der Waals surface area contributed by atoms with E-state index in [-0.39, 0.29) is 11.3 Å². The maximum absolute atomic E-state index is 11.4. The summed E-state index contributed by atoms with van der Waals surface area (Å²) in [4.78, 5) is 13.7. The van der Waals surface area contributed by atoms with Crippen molar-refractivity contribution < 1.29 is 9.53 Å². The molecular formula is C14H18N2O2. The number of carbonyl (C=O) groups is 1. The number of primary amides is 1. The minimum absolute atomic E-state index is 0.121. The Labute approximate surface area is 107 Å². The molecule has 1 aliphatic heterocycles. The van der Waals surface area contributed by atoms with Crippen LogP contribution in [0.2, 0.25) is 0 Å². The Morgan fingerprint density at radius 3 is 2.78 bits per heavy atom. The molecule has 1 amide bonds. The minimum Gasteiger partial charge on any atom is -0.497 e. The molecule has 0 spiro atoms. The molecule has 0 bridgehead atoms. The van der Waals surface area contributed by atoms with Crippen molar-refractivity contribution in [1.29, 1.82) is 0 Å². The van der Waals surface area contributed by atoms with Gasteiger partial charge in [-0.2, -0.15) is 0 Å². The van der Waals surface area contributed by atoms with Crippen molar-refractivity contribution in [3.63, 3.8) is 0 Å². The minimum atomic E-state index is -0.202. The Bertz CT molecular complexity index is 471. The van der Waals surface area contributed by atoms with Crippen LogP contribution in [0.15, 0.2) is 24.3 Å². The maximum Gasteiger partial charge on any atom is 0.225 e. The van der Waals surface area contributed by atoms with Crippen molar-refractivity contribution in [3.05, 3.63) is 29.8 Å². The average Bonchev–Trinajstić information content (AvgIpc) is 2.94. The Balaban J connectivity index is 1.63. The van der Waals surface area contributed by atoms with Gasteiger partial charge in [0.2, 0.25) is 5.91 Å². The van der Waals surface area contributed by atoms with E-state index in [0.717, 1.165) is 31.8 Å². The first-order valence-corrected chi connectivity index (χ1v) is 6.29. The summed E-state index contributed by atoms with van der Waals surface area (Å²) in [7, 11) is 1.67. The van der Waals surface area contributed by atoms with E-state index in [1.807, 2.05) is 12.1 Å². The van der Waals surface area contributed by atoms with Gasteiger partial charge in [-0.05, 0) is 30.0 Å². The van der Waals surface area contributed by atoms with Gasteiger partial charge in [0.15, 0.2) is 0 Å². The van der Waals surface area contributed by atoms with E-state index < -0.39 is 0 Å². The molecule has 1 aromatic carbocycles. The van der Waals surface area contributed by atoms with Gasteiger partial charge in [0.1, 0.15) is 5.75 Å².